The lowest BCUT2D eigenvalue weighted by Crippen LogP contribution is -2.17. The van der Waals surface area contributed by atoms with Gasteiger partial charge in [-0.25, -0.2) is 0 Å². The monoisotopic (exact) mass is 378 g/mol. The molecule has 3 nitrogen and oxygen atoms in total. The van der Waals surface area contributed by atoms with Crippen molar-refractivity contribution in [3.05, 3.63) is 57.6 Å². The van der Waals surface area contributed by atoms with Gasteiger partial charge in [-0.3, -0.25) is 0 Å². The third-order valence-electron chi connectivity index (χ3n) is 5.39. The third kappa shape index (κ3) is 3.63. The van der Waals surface area contributed by atoms with Crippen molar-refractivity contribution in [2.75, 3.05) is 0 Å². The van der Waals surface area contributed by atoms with E-state index in [1.807, 2.05) is 6.21 Å². The lowest BCUT2D eigenvalue weighted by molar-refractivity contribution is -0.328. The van der Waals surface area contributed by atoms with Crippen LogP contribution in [0.2, 0.25) is 0 Å². The molecule has 2 aromatic rings. The summed E-state index contributed by atoms with van der Waals surface area (Å²) in [7, 11) is 0. The quantitative estimate of drug-likeness (QED) is 0.531. The summed E-state index contributed by atoms with van der Waals surface area (Å²) in [5.41, 5.74) is 7.54. The Balaban J connectivity index is 2.30. The zero-order valence-electron chi connectivity index (χ0n) is 18.7. The number of carbonyl (C=O) groups excluding carboxylic acids is 1. The summed E-state index contributed by atoms with van der Waals surface area (Å²) >= 11 is 0. The van der Waals surface area contributed by atoms with Crippen molar-refractivity contribution in [2.24, 2.45) is 0 Å². The molecular weight excluding hydrogens is 346 g/mol. The van der Waals surface area contributed by atoms with Crippen molar-refractivity contribution in [1.82, 2.24) is 0 Å². The fraction of sp³-hybridized carbons (Fsp3) is 0.440. The number of carbonyl (C=O) groups is 1. The molecule has 1 amide bonds. The van der Waals surface area contributed by atoms with Crippen LogP contribution in [0.1, 0.15) is 74.9 Å². The Morgan fingerprint density at radius 2 is 1.43 bits per heavy atom. The molecule has 0 bridgehead atoms. The number of ether oxygens (including phenoxy) is 1. The highest BCUT2D eigenvalue weighted by atomic mass is 16.6. The molecule has 1 aliphatic heterocycles. The van der Waals surface area contributed by atoms with E-state index in [0.29, 0.717) is 5.75 Å². The number of nitrogens with zero attached hydrogens (tertiary/aromatic N) is 1. The molecule has 1 aliphatic rings. The van der Waals surface area contributed by atoms with E-state index < -0.39 is 0 Å². The van der Waals surface area contributed by atoms with Crippen LogP contribution in [0.25, 0.3) is 0 Å². The molecule has 0 spiro atoms. The summed E-state index contributed by atoms with van der Waals surface area (Å²) in [6, 6.07) is 8.59. The fourth-order valence-electron chi connectivity index (χ4n) is 3.77. The molecule has 0 N–H and O–H groups in total. The van der Waals surface area contributed by atoms with Gasteiger partial charge in [0.05, 0.1) is 0 Å². The summed E-state index contributed by atoms with van der Waals surface area (Å²) < 4.78 is 7.45. The van der Waals surface area contributed by atoms with Crippen LogP contribution >= 0.6 is 0 Å². The predicted octanol–water partition coefficient (Wildman–Crippen LogP) is 6.48. The number of aryl methyl sites for hydroxylation is 3. The SMILES string of the molecule is Cc1cc(C)c(/C=[N+]2/C(=O)Oc3c2cc(C(C)(C)C)cc3C(C)(C)C)c(C)c1. The molecule has 0 saturated carbocycles. The van der Waals surface area contributed by atoms with E-state index in [0.717, 1.165) is 27.9 Å². The molecule has 0 aliphatic carbocycles. The molecule has 0 unspecified atom stereocenters. The van der Waals surface area contributed by atoms with Gasteiger partial charge in [-0.05, 0) is 48.3 Å². The van der Waals surface area contributed by atoms with Gasteiger partial charge in [0.1, 0.15) is 0 Å². The highest BCUT2D eigenvalue weighted by molar-refractivity contribution is 5.88. The number of rotatable bonds is 1. The number of amides is 1. The number of benzene rings is 2. The second-order valence-corrected chi connectivity index (χ2v) is 10.1. The normalized spacial score (nSPS) is 15.8. The van der Waals surface area contributed by atoms with Crippen molar-refractivity contribution in [3.8, 4) is 5.75 Å². The van der Waals surface area contributed by atoms with E-state index in [-0.39, 0.29) is 16.9 Å². The van der Waals surface area contributed by atoms with Gasteiger partial charge >= 0.3 is 6.09 Å². The molecule has 0 fully saturated rings. The van der Waals surface area contributed by atoms with Crippen LogP contribution < -0.4 is 4.74 Å². The van der Waals surface area contributed by atoms with Gasteiger partial charge in [0, 0.05) is 17.2 Å². The van der Waals surface area contributed by atoms with Crippen LogP contribution in [0.3, 0.4) is 0 Å². The van der Waals surface area contributed by atoms with Gasteiger partial charge in [0.25, 0.3) is 5.69 Å². The Morgan fingerprint density at radius 1 is 0.857 bits per heavy atom. The molecule has 0 atom stereocenters. The first kappa shape index (κ1) is 20.3. The van der Waals surface area contributed by atoms with Crippen molar-refractivity contribution >= 4 is 18.0 Å². The first-order valence-electron chi connectivity index (χ1n) is 9.92. The zero-order chi connectivity index (χ0) is 21.0. The highest BCUT2D eigenvalue weighted by Crippen LogP contribution is 2.45. The Labute approximate surface area is 169 Å². The van der Waals surface area contributed by atoms with Gasteiger partial charge < -0.3 is 4.74 Å². The van der Waals surface area contributed by atoms with Crippen LogP contribution in [0.15, 0.2) is 24.3 Å². The van der Waals surface area contributed by atoms with Gasteiger partial charge in [0.2, 0.25) is 5.75 Å². The summed E-state index contributed by atoms with van der Waals surface area (Å²) in [4.78, 5) is 12.8. The lowest BCUT2D eigenvalue weighted by atomic mass is 9.80. The van der Waals surface area contributed by atoms with Gasteiger partial charge in [-0.15, -0.1) is 0 Å². The first-order valence-corrected chi connectivity index (χ1v) is 9.92. The average Bonchev–Trinajstić information content (AvgIpc) is 2.83. The van der Waals surface area contributed by atoms with Crippen molar-refractivity contribution in [3.63, 3.8) is 0 Å². The smallest absolute Gasteiger partial charge is 0.365 e. The minimum Gasteiger partial charge on any atom is -0.365 e. The average molecular weight is 379 g/mol. The Hall–Kier alpha value is -2.42. The zero-order valence-corrected chi connectivity index (χ0v) is 18.7. The van der Waals surface area contributed by atoms with Gasteiger partial charge in [-0.2, -0.15) is 4.79 Å². The van der Waals surface area contributed by atoms with Crippen molar-refractivity contribution in [2.45, 2.75) is 73.1 Å². The molecule has 1 heterocycles. The van der Waals surface area contributed by atoms with Crippen LogP contribution in [-0.4, -0.2) is 16.9 Å². The highest BCUT2D eigenvalue weighted by Gasteiger charge is 2.42. The maximum absolute atomic E-state index is 12.8. The van der Waals surface area contributed by atoms with Crippen molar-refractivity contribution in [1.29, 1.82) is 0 Å². The number of hydrogen-bond donors (Lipinski definition) is 0. The molecule has 3 heteroatoms. The summed E-state index contributed by atoms with van der Waals surface area (Å²) in [6.45, 7) is 19.3. The molecule has 3 rings (SSSR count). The Morgan fingerprint density at radius 3 is 1.93 bits per heavy atom. The summed E-state index contributed by atoms with van der Waals surface area (Å²) in [5, 5.41) is 0. The van der Waals surface area contributed by atoms with Crippen LogP contribution in [-0.2, 0) is 10.8 Å². The lowest BCUT2D eigenvalue weighted by Gasteiger charge is -2.25. The fourth-order valence-corrected chi connectivity index (χ4v) is 3.77. The third-order valence-corrected chi connectivity index (χ3v) is 5.39. The van der Waals surface area contributed by atoms with Gasteiger partial charge in [-0.1, -0.05) is 69.9 Å². The maximum atomic E-state index is 12.8. The Bertz CT molecular complexity index is 975. The molecule has 2 aromatic carbocycles. The topological polar surface area (TPSA) is 29.3 Å². The van der Waals surface area contributed by atoms with E-state index in [9.17, 15) is 4.79 Å². The van der Waals surface area contributed by atoms with Crippen LogP contribution in [0.4, 0.5) is 10.5 Å². The molecule has 0 saturated heterocycles. The Kier molecular flexibility index (Phi) is 4.77. The number of fused-ring (bicyclic) bond motifs is 1. The second-order valence-electron chi connectivity index (χ2n) is 10.1. The van der Waals surface area contributed by atoms with E-state index in [4.69, 9.17) is 4.74 Å². The van der Waals surface area contributed by atoms with Crippen LogP contribution in [0.5, 0.6) is 5.75 Å². The molecule has 0 aromatic heterocycles. The molecule has 148 valence electrons. The minimum absolute atomic E-state index is 0.0258. The summed E-state index contributed by atoms with van der Waals surface area (Å²) in [6.07, 6.45) is 1.59. The second kappa shape index (κ2) is 6.58. The predicted molar refractivity (Wildman–Crippen MR) is 116 cm³/mol. The molecular formula is C25H32NO2+. The van der Waals surface area contributed by atoms with E-state index in [2.05, 4.69) is 86.6 Å². The maximum Gasteiger partial charge on any atom is 0.608 e. The van der Waals surface area contributed by atoms with E-state index in [1.54, 1.807) is 4.58 Å². The largest absolute Gasteiger partial charge is 0.608 e. The van der Waals surface area contributed by atoms with Gasteiger partial charge in [0.15, 0.2) is 6.21 Å². The van der Waals surface area contributed by atoms with Crippen LogP contribution in [0, 0.1) is 20.8 Å². The van der Waals surface area contributed by atoms with E-state index >= 15 is 0 Å². The molecule has 0 radical (unpaired) electrons. The minimum atomic E-state index is -0.342. The number of hydrogen-bond acceptors (Lipinski definition) is 2. The first-order chi connectivity index (χ1) is 12.8. The standard InChI is InChI=1S/C25H32NO2/c1-15-10-16(2)19(17(3)11-15)14-26-21-13-18(24(4,5)6)12-20(25(7,8)9)22(21)28-23(26)27/h10-14H,1-9H3/q+1/b26-14+. The van der Waals surface area contributed by atoms with E-state index in [1.165, 1.54) is 11.1 Å². The molecule has 28 heavy (non-hydrogen) atoms. The van der Waals surface area contributed by atoms with Crippen molar-refractivity contribution < 1.29 is 14.1 Å². The summed E-state index contributed by atoms with van der Waals surface area (Å²) in [5.74, 6) is 0.684.